The summed E-state index contributed by atoms with van der Waals surface area (Å²) in [6.45, 7) is 3.49. The molecule has 16 heavy (non-hydrogen) atoms. The number of rotatable bonds is 2. The van der Waals surface area contributed by atoms with E-state index in [0.29, 0.717) is 6.54 Å². The van der Waals surface area contributed by atoms with Crippen molar-refractivity contribution in [2.45, 2.75) is 31.1 Å². The topological polar surface area (TPSA) is 33.2 Å². The van der Waals surface area contributed by atoms with Gasteiger partial charge in [0.2, 0.25) is 5.91 Å². The Kier molecular flexibility index (Phi) is 3.59. The van der Waals surface area contributed by atoms with E-state index in [0.717, 1.165) is 30.6 Å². The molecule has 0 N–H and O–H groups in total. The number of aromatic nitrogens is 1. The number of halogens is 1. The van der Waals surface area contributed by atoms with E-state index < -0.39 is 0 Å². The minimum absolute atomic E-state index is 0.000317. The summed E-state index contributed by atoms with van der Waals surface area (Å²) in [6.07, 6.45) is 3.86. The fourth-order valence-electron chi connectivity index (χ4n) is 1.86. The summed E-state index contributed by atoms with van der Waals surface area (Å²) in [5.74, 6) is 0.201. The van der Waals surface area contributed by atoms with Gasteiger partial charge < -0.3 is 4.90 Å². The van der Waals surface area contributed by atoms with Gasteiger partial charge in [0, 0.05) is 25.0 Å². The van der Waals surface area contributed by atoms with Crippen LogP contribution in [0.5, 0.6) is 0 Å². The number of hydrogen-bond acceptors (Lipinski definition) is 2. The highest BCUT2D eigenvalue weighted by Crippen LogP contribution is 2.20. The first-order valence-electron chi connectivity index (χ1n) is 5.51. The molecule has 1 atom stereocenters. The lowest BCUT2D eigenvalue weighted by Crippen LogP contribution is -2.41. The first-order chi connectivity index (χ1) is 7.66. The minimum Gasteiger partial charge on any atom is -0.337 e. The molecule has 86 valence electrons. The summed E-state index contributed by atoms with van der Waals surface area (Å²) in [5.41, 5.74) is 2.10. The fraction of sp³-hybridized carbons (Fsp3) is 0.500. The molecule has 0 aromatic carbocycles. The van der Waals surface area contributed by atoms with Crippen LogP contribution in [0.1, 0.15) is 24.1 Å². The van der Waals surface area contributed by atoms with Crippen molar-refractivity contribution in [2.75, 3.05) is 6.54 Å². The van der Waals surface area contributed by atoms with Crippen molar-refractivity contribution >= 4 is 21.8 Å². The quantitative estimate of drug-likeness (QED) is 0.780. The molecule has 1 aromatic rings. The van der Waals surface area contributed by atoms with Crippen molar-refractivity contribution in [3.8, 4) is 0 Å². The highest BCUT2D eigenvalue weighted by molar-refractivity contribution is 9.10. The molecule has 1 unspecified atom stereocenters. The van der Waals surface area contributed by atoms with Gasteiger partial charge in [-0.3, -0.25) is 9.78 Å². The van der Waals surface area contributed by atoms with Crippen LogP contribution in [0.15, 0.2) is 18.3 Å². The Morgan fingerprint density at radius 1 is 1.56 bits per heavy atom. The van der Waals surface area contributed by atoms with E-state index in [1.54, 1.807) is 0 Å². The number of carbonyl (C=O) groups excluding carboxylic acids is 1. The van der Waals surface area contributed by atoms with Crippen LogP contribution < -0.4 is 0 Å². The summed E-state index contributed by atoms with van der Waals surface area (Å²) in [7, 11) is 0. The molecule has 4 heteroatoms. The summed E-state index contributed by atoms with van der Waals surface area (Å²) in [4.78, 5) is 18.0. The van der Waals surface area contributed by atoms with Gasteiger partial charge >= 0.3 is 0 Å². The SMILES string of the molecule is Cc1ccc(CN2CCCC(Br)C2=O)cn1. The maximum Gasteiger partial charge on any atom is 0.236 e. The Labute approximate surface area is 104 Å². The van der Waals surface area contributed by atoms with Crippen LogP contribution in [-0.4, -0.2) is 27.2 Å². The van der Waals surface area contributed by atoms with E-state index in [2.05, 4.69) is 20.9 Å². The molecule has 3 nitrogen and oxygen atoms in total. The van der Waals surface area contributed by atoms with Gasteiger partial charge in [0.25, 0.3) is 0 Å². The normalized spacial score (nSPS) is 21.2. The van der Waals surface area contributed by atoms with Crippen LogP contribution in [0.25, 0.3) is 0 Å². The highest BCUT2D eigenvalue weighted by Gasteiger charge is 2.26. The predicted molar refractivity (Wildman–Crippen MR) is 66.3 cm³/mol. The van der Waals surface area contributed by atoms with Crippen LogP contribution >= 0.6 is 15.9 Å². The molecule has 1 amide bonds. The van der Waals surface area contributed by atoms with Gasteiger partial charge in [0.05, 0.1) is 4.83 Å². The standard InChI is InChI=1S/C12H15BrN2O/c1-9-4-5-10(7-14-9)8-15-6-2-3-11(13)12(15)16/h4-5,7,11H,2-3,6,8H2,1H3. The number of pyridine rings is 1. The Morgan fingerprint density at radius 3 is 3.06 bits per heavy atom. The van der Waals surface area contributed by atoms with Crippen molar-refractivity contribution < 1.29 is 4.79 Å². The molecular weight excluding hydrogens is 268 g/mol. The van der Waals surface area contributed by atoms with Crippen molar-refractivity contribution in [3.05, 3.63) is 29.6 Å². The highest BCUT2D eigenvalue weighted by atomic mass is 79.9. The van der Waals surface area contributed by atoms with Gasteiger partial charge in [0.15, 0.2) is 0 Å². The van der Waals surface area contributed by atoms with Gasteiger partial charge in [-0.05, 0) is 31.4 Å². The summed E-state index contributed by atoms with van der Waals surface area (Å²) in [6, 6.07) is 4.02. The lowest BCUT2D eigenvalue weighted by atomic mass is 10.1. The molecule has 1 aliphatic rings. The number of nitrogens with zero attached hydrogens (tertiary/aromatic N) is 2. The van der Waals surface area contributed by atoms with E-state index in [1.807, 2.05) is 30.2 Å². The average Bonchev–Trinajstić information content (AvgIpc) is 2.28. The van der Waals surface area contributed by atoms with E-state index in [4.69, 9.17) is 0 Å². The molecule has 0 radical (unpaired) electrons. The van der Waals surface area contributed by atoms with Crippen LogP contribution in [0, 0.1) is 6.92 Å². The molecule has 2 rings (SSSR count). The van der Waals surface area contributed by atoms with E-state index in [-0.39, 0.29) is 10.7 Å². The summed E-state index contributed by atoms with van der Waals surface area (Å²) < 4.78 is 0. The molecular formula is C12H15BrN2O. The Hall–Kier alpha value is -0.900. The summed E-state index contributed by atoms with van der Waals surface area (Å²) >= 11 is 3.41. The molecule has 1 aliphatic heterocycles. The predicted octanol–water partition coefficient (Wildman–Crippen LogP) is 2.28. The number of piperidine rings is 1. The first kappa shape index (κ1) is 11.6. The number of likely N-dealkylation sites (tertiary alicyclic amines) is 1. The van der Waals surface area contributed by atoms with Gasteiger partial charge in [-0.2, -0.15) is 0 Å². The number of alkyl halides is 1. The molecule has 2 heterocycles. The van der Waals surface area contributed by atoms with Crippen LogP contribution in [0.3, 0.4) is 0 Å². The second-order valence-electron chi connectivity index (χ2n) is 4.18. The molecule has 0 bridgehead atoms. The van der Waals surface area contributed by atoms with Gasteiger partial charge in [-0.25, -0.2) is 0 Å². The zero-order valence-corrected chi connectivity index (χ0v) is 10.9. The molecule has 0 aliphatic carbocycles. The van der Waals surface area contributed by atoms with Gasteiger partial charge in [0.1, 0.15) is 0 Å². The lowest BCUT2D eigenvalue weighted by Gasteiger charge is -2.29. The molecule has 1 saturated heterocycles. The average molecular weight is 283 g/mol. The third-order valence-corrected chi connectivity index (χ3v) is 3.66. The van der Waals surface area contributed by atoms with Crippen molar-refractivity contribution in [1.29, 1.82) is 0 Å². The zero-order valence-electron chi connectivity index (χ0n) is 9.32. The van der Waals surface area contributed by atoms with Crippen LogP contribution in [-0.2, 0) is 11.3 Å². The maximum atomic E-state index is 11.9. The number of carbonyl (C=O) groups is 1. The largest absolute Gasteiger partial charge is 0.337 e. The second-order valence-corrected chi connectivity index (χ2v) is 5.28. The van der Waals surface area contributed by atoms with Crippen LogP contribution in [0.2, 0.25) is 0 Å². The van der Waals surface area contributed by atoms with Crippen molar-refractivity contribution in [1.82, 2.24) is 9.88 Å². The van der Waals surface area contributed by atoms with Gasteiger partial charge in [-0.1, -0.05) is 22.0 Å². The zero-order chi connectivity index (χ0) is 11.5. The first-order valence-corrected chi connectivity index (χ1v) is 6.43. The molecule has 0 spiro atoms. The number of aryl methyl sites for hydroxylation is 1. The third kappa shape index (κ3) is 2.61. The lowest BCUT2D eigenvalue weighted by molar-refractivity contribution is -0.133. The van der Waals surface area contributed by atoms with Gasteiger partial charge in [-0.15, -0.1) is 0 Å². The third-order valence-electron chi connectivity index (χ3n) is 2.81. The second kappa shape index (κ2) is 4.95. The molecule has 0 saturated carbocycles. The van der Waals surface area contributed by atoms with E-state index in [9.17, 15) is 4.79 Å². The van der Waals surface area contributed by atoms with Crippen LogP contribution in [0.4, 0.5) is 0 Å². The molecule has 1 fully saturated rings. The minimum atomic E-state index is -0.000317. The number of amides is 1. The Morgan fingerprint density at radius 2 is 2.38 bits per heavy atom. The molecule has 1 aromatic heterocycles. The van der Waals surface area contributed by atoms with E-state index >= 15 is 0 Å². The smallest absolute Gasteiger partial charge is 0.236 e. The monoisotopic (exact) mass is 282 g/mol. The van der Waals surface area contributed by atoms with Crippen molar-refractivity contribution in [2.24, 2.45) is 0 Å². The maximum absolute atomic E-state index is 11.9. The van der Waals surface area contributed by atoms with Crippen molar-refractivity contribution in [3.63, 3.8) is 0 Å². The Bertz CT molecular complexity index is 377. The summed E-state index contributed by atoms with van der Waals surface area (Å²) in [5, 5.41) is 0. The Balaban J connectivity index is 2.03. The fourth-order valence-corrected chi connectivity index (χ4v) is 2.48. The number of hydrogen-bond donors (Lipinski definition) is 0. The van der Waals surface area contributed by atoms with E-state index in [1.165, 1.54) is 0 Å².